The Labute approximate surface area is 118 Å². The molecule has 0 bridgehead atoms. The van der Waals surface area contributed by atoms with Gasteiger partial charge < -0.3 is 9.63 Å². The van der Waals surface area contributed by atoms with Crippen molar-refractivity contribution in [3.8, 4) is 5.75 Å². The average molecular weight is 304 g/mol. The van der Waals surface area contributed by atoms with Gasteiger partial charge in [0.25, 0.3) is 0 Å². The Morgan fingerprint density at radius 1 is 1.37 bits per heavy atom. The molecule has 0 spiro atoms. The van der Waals surface area contributed by atoms with E-state index < -0.39 is 20.2 Å². The van der Waals surface area contributed by atoms with E-state index >= 15 is 0 Å². The second-order valence-corrected chi connectivity index (χ2v) is 5.33. The van der Waals surface area contributed by atoms with Gasteiger partial charge in [0.05, 0.1) is 11.1 Å². The third-order valence-electron chi connectivity index (χ3n) is 1.97. The van der Waals surface area contributed by atoms with Crippen LogP contribution in [0.15, 0.2) is 29.0 Å². The van der Waals surface area contributed by atoms with Crippen LogP contribution in [0.5, 0.6) is 5.75 Å². The largest absolute Gasteiger partial charge is 0.575 e. The average Bonchev–Trinajstić information content (AvgIpc) is 2.31. The predicted octanol–water partition coefficient (Wildman–Crippen LogP) is 2.91. The highest BCUT2D eigenvalue weighted by Gasteiger charge is 2.19. The van der Waals surface area contributed by atoms with Crippen LogP contribution < -0.4 is 9.42 Å². The van der Waals surface area contributed by atoms with Gasteiger partial charge in [0.1, 0.15) is 0 Å². The standard InChI is InChI=1S/C12H15ClNO4P/c1-8(2)17-12(15)9(3)14-19(16)18-11-7-5-4-6-10(11)13/h4-9H,1-3H3/t9-/m0/s1. The molecule has 1 unspecified atom stereocenters. The number of para-hydroxylation sites is 1. The van der Waals surface area contributed by atoms with Crippen molar-refractivity contribution in [3.63, 3.8) is 0 Å². The molecule has 0 saturated carbocycles. The van der Waals surface area contributed by atoms with E-state index in [1.165, 1.54) is 6.92 Å². The van der Waals surface area contributed by atoms with Crippen molar-refractivity contribution in [2.24, 2.45) is 4.74 Å². The van der Waals surface area contributed by atoms with E-state index in [1.54, 1.807) is 38.1 Å². The first kappa shape index (κ1) is 15.9. The molecule has 7 heteroatoms. The lowest BCUT2D eigenvalue weighted by atomic mass is 10.3. The van der Waals surface area contributed by atoms with E-state index in [0.29, 0.717) is 5.02 Å². The van der Waals surface area contributed by atoms with E-state index in [2.05, 4.69) is 4.74 Å². The van der Waals surface area contributed by atoms with Crippen molar-refractivity contribution in [2.45, 2.75) is 32.9 Å². The van der Waals surface area contributed by atoms with Crippen LogP contribution >= 0.6 is 19.8 Å². The molecular weight excluding hydrogens is 289 g/mol. The number of esters is 1. The zero-order chi connectivity index (χ0) is 14.4. The van der Waals surface area contributed by atoms with Crippen molar-refractivity contribution in [1.29, 1.82) is 0 Å². The molecule has 0 fully saturated rings. The SMILES string of the molecule is CC(C)OC(=O)[C@H](C)/N=[P+](\[O-])Oc1ccccc1Cl. The molecule has 0 heterocycles. The predicted molar refractivity (Wildman–Crippen MR) is 72.1 cm³/mol. The first-order chi connectivity index (χ1) is 8.90. The highest BCUT2D eigenvalue weighted by molar-refractivity contribution is 7.34. The topological polar surface area (TPSA) is 71.0 Å². The number of hydrogen-bond acceptors (Lipinski definition) is 5. The minimum Gasteiger partial charge on any atom is -0.575 e. The van der Waals surface area contributed by atoms with Crippen molar-refractivity contribution in [1.82, 2.24) is 0 Å². The number of nitrogens with zero attached hydrogens (tertiary/aromatic N) is 1. The van der Waals surface area contributed by atoms with Crippen molar-refractivity contribution in [2.75, 3.05) is 0 Å². The quantitative estimate of drug-likeness (QED) is 0.619. The van der Waals surface area contributed by atoms with Gasteiger partial charge >= 0.3 is 14.1 Å². The fourth-order valence-corrected chi connectivity index (χ4v) is 2.13. The van der Waals surface area contributed by atoms with Crippen LogP contribution in [0, 0.1) is 0 Å². The maximum Gasteiger partial charge on any atom is 0.395 e. The molecule has 1 aromatic carbocycles. The molecule has 1 aromatic rings. The monoisotopic (exact) mass is 303 g/mol. The number of carbonyl (C=O) groups excluding carboxylic acids is 1. The number of carbonyl (C=O) groups is 1. The molecule has 0 aliphatic heterocycles. The third kappa shape index (κ3) is 5.55. The van der Waals surface area contributed by atoms with Gasteiger partial charge in [-0.15, -0.1) is 0 Å². The fourth-order valence-electron chi connectivity index (χ4n) is 1.15. The third-order valence-corrected chi connectivity index (χ3v) is 3.17. The van der Waals surface area contributed by atoms with E-state index in [0.717, 1.165) is 0 Å². The summed E-state index contributed by atoms with van der Waals surface area (Å²) >= 11 is 5.85. The van der Waals surface area contributed by atoms with Gasteiger partial charge in [-0.1, -0.05) is 28.5 Å². The molecule has 0 aliphatic carbocycles. The smallest absolute Gasteiger partial charge is 0.395 e. The summed E-state index contributed by atoms with van der Waals surface area (Å²) in [5, 5.41) is 0.332. The molecule has 104 valence electrons. The Bertz CT molecular complexity index is 479. The summed E-state index contributed by atoms with van der Waals surface area (Å²) in [6.07, 6.45) is -0.243. The molecule has 0 aliphatic rings. The number of hydrogen-bond donors (Lipinski definition) is 0. The number of benzene rings is 1. The van der Waals surface area contributed by atoms with Crippen LogP contribution in [0.1, 0.15) is 20.8 Å². The lowest BCUT2D eigenvalue weighted by Crippen LogP contribution is -2.21. The lowest BCUT2D eigenvalue weighted by Gasteiger charge is -2.09. The molecule has 0 N–H and O–H groups in total. The van der Waals surface area contributed by atoms with Crippen LogP contribution in [0.4, 0.5) is 0 Å². The van der Waals surface area contributed by atoms with Crippen LogP contribution in [-0.2, 0) is 9.53 Å². The van der Waals surface area contributed by atoms with E-state index in [9.17, 15) is 9.69 Å². The summed E-state index contributed by atoms with van der Waals surface area (Å²) in [5.41, 5.74) is 0. The van der Waals surface area contributed by atoms with Gasteiger partial charge in [-0.3, -0.25) is 4.52 Å². The van der Waals surface area contributed by atoms with Gasteiger partial charge in [0, 0.05) is 0 Å². The van der Waals surface area contributed by atoms with Crippen molar-refractivity contribution < 1.29 is 18.9 Å². The maximum atomic E-state index is 11.7. The van der Waals surface area contributed by atoms with Gasteiger partial charge in [-0.2, -0.15) is 0 Å². The molecule has 19 heavy (non-hydrogen) atoms. The Balaban J connectivity index is 2.67. The molecule has 1 rings (SSSR count). The first-order valence-electron chi connectivity index (χ1n) is 5.71. The Hall–Kier alpha value is -1.16. The Kier molecular flexibility index (Phi) is 6.22. The minimum absolute atomic E-state index is 0.243. The summed E-state index contributed by atoms with van der Waals surface area (Å²) in [6, 6.07) is 5.75. The summed E-state index contributed by atoms with van der Waals surface area (Å²) in [5.74, 6) is -0.278. The second kappa shape index (κ2) is 7.43. The molecule has 0 aromatic heterocycles. The number of rotatable bonds is 5. The second-order valence-electron chi connectivity index (χ2n) is 4.04. The Morgan fingerprint density at radius 2 is 2.00 bits per heavy atom. The van der Waals surface area contributed by atoms with Crippen LogP contribution in [0.3, 0.4) is 0 Å². The van der Waals surface area contributed by atoms with E-state index in [1.807, 2.05) is 0 Å². The number of halogens is 1. The number of ether oxygens (including phenoxy) is 1. The minimum atomic E-state index is -2.38. The van der Waals surface area contributed by atoms with E-state index in [4.69, 9.17) is 20.9 Å². The molecule has 0 radical (unpaired) electrons. The van der Waals surface area contributed by atoms with Crippen molar-refractivity contribution in [3.05, 3.63) is 29.3 Å². The van der Waals surface area contributed by atoms with Crippen LogP contribution in [0.25, 0.3) is 0 Å². The van der Waals surface area contributed by atoms with Gasteiger partial charge in [-0.05, 0) is 32.9 Å². The molecule has 0 saturated heterocycles. The van der Waals surface area contributed by atoms with Crippen LogP contribution in [-0.4, -0.2) is 18.1 Å². The summed E-state index contributed by atoms with van der Waals surface area (Å²) in [6.45, 7) is 4.95. The lowest BCUT2D eigenvalue weighted by molar-refractivity contribution is -0.170. The fraction of sp³-hybridized carbons (Fsp3) is 0.417. The summed E-state index contributed by atoms with van der Waals surface area (Å²) < 4.78 is 13.7. The normalized spacial score (nSPS) is 13.3. The molecule has 2 atom stereocenters. The molecular formula is C12H15ClNO4P. The first-order valence-corrected chi connectivity index (χ1v) is 7.22. The Morgan fingerprint density at radius 3 is 2.58 bits per heavy atom. The highest BCUT2D eigenvalue weighted by atomic mass is 35.5. The van der Waals surface area contributed by atoms with Gasteiger partial charge in [-0.25, -0.2) is 4.79 Å². The van der Waals surface area contributed by atoms with Gasteiger partial charge in [0.15, 0.2) is 6.04 Å². The summed E-state index contributed by atoms with van der Waals surface area (Å²) in [4.78, 5) is 23.1. The van der Waals surface area contributed by atoms with Gasteiger partial charge in [0.2, 0.25) is 5.75 Å². The van der Waals surface area contributed by atoms with Crippen molar-refractivity contribution >= 4 is 25.7 Å². The zero-order valence-electron chi connectivity index (χ0n) is 10.9. The highest BCUT2D eigenvalue weighted by Crippen LogP contribution is 2.30. The maximum absolute atomic E-state index is 11.7. The van der Waals surface area contributed by atoms with E-state index in [-0.39, 0.29) is 11.9 Å². The summed E-state index contributed by atoms with van der Waals surface area (Å²) in [7, 11) is -2.38. The zero-order valence-corrected chi connectivity index (χ0v) is 12.5. The molecule has 0 amide bonds. The van der Waals surface area contributed by atoms with Crippen LogP contribution in [0.2, 0.25) is 5.02 Å². The molecule has 5 nitrogen and oxygen atoms in total.